The van der Waals surface area contributed by atoms with Gasteiger partial charge in [0, 0.05) is 26.0 Å². The average molecular weight is 220 g/mol. The van der Waals surface area contributed by atoms with E-state index in [-0.39, 0.29) is 0 Å². The molecule has 1 N–H and O–H groups in total. The first-order valence-electron chi connectivity index (χ1n) is 6.04. The smallest absolute Gasteiger partial charge is 0.146 e. The molecule has 1 aromatic heterocycles. The molecule has 2 rings (SSSR count). The fourth-order valence-electron chi connectivity index (χ4n) is 2.15. The summed E-state index contributed by atoms with van der Waals surface area (Å²) in [5.41, 5.74) is 0. The molecule has 1 aromatic rings. The van der Waals surface area contributed by atoms with Gasteiger partial charge in [-0.15, -0.1) is 0 Å². The van der Waals surface area contributed by atoms with Crippen molar-refractivity contribution < 1.29 is 0 Å². The van der Waals surface area contributed by atoms with Crippen LogP contribution in [0.25, 0.3) is 0 Å². The van der Waals surface area contributed by atoms with Gasteiger partial charge in [-0.1, -0.05) is 0 Å². The Hall–Kier alpha value is -1.16. The predicted octanol–water partition coefficient (Wildman–Crippen LogP) is 1.30. The number of hydrogen-bond donors (Lipinski definition) is 1. The molecular formula is C12H20N4. The lowest BCUT2D eigenvalue weighted by molar-refractivity contribution is 0.356. The molecule has 2 heterocycles. The number of nitrogens with one attached hydrogen (secondary N) is 1. The molecule has 0 aromatic carbocycles. The highest BCUT2D eigenvalue weighted by molar-refractivity contribution is 5.33. The summed E-state index contributed by atoms with van der Waals surface area (Å²) in [5, 5.41) is 3.40. The molecule has 1 fully saturated rings. The second-order valence-electron chi connectivity index (χ2n) is 4.47. The van der Waals surface area contributed by atoms with Crippen LogP contribution in [0.4, 0.5) is 5.82 Å². The number of anilines is 1. The van der Waals surface area contributed by atoms with Crippen molar-refractivity contribution in [2.75, 3.05) is 31.6 Å². The number of aromatic nitrogens is 2. The molecule has 0 radical (unpaired) electrons. The van der Waals surface area contributed by atoms with Crippen molar-refractivity contribution in [3.8, 4) is 0 Å². The van der Waals surface area contributed by atoms with E-state index < -0.39 is 0 Å². The Kier molecular flexibility index (Phi) is 4.10. The molecule has 4 heteroatoms. The Bertz CT molecular complexity index is 295. The van der Waals surface area contributed by atoms with Crippen LogP contribution < -0.4 is 10.2 Å². The van der Waals surface area contributed by atoms with Gasteiger partial charge in [0.1, 0.15) is 5.82 Å². The Labute approximate surface area is 97.1 Å². The van der Waals surface area contributed by atoms with Gasteiger partial charge in [-0.05, 0) is 38.3 Å². The summed E-state index contributed by atoms with van der Waals surface area (Å²) in [6.45, 7) is 3.43. The van der Waals surface area contributed by atoms with Gasteiger partial charge < -0.3 is 10.2 Å². The second-order valence-corrected chi connectivity index (χ2v) is 4.47. The summed E-state index contributed by atoms with van der Waals surface area (Å²) in [6, 6.07) is 0. The van der Waals surface area contributed by atoms with E-state index >= 15 is 0 Å². The van der Waals surface area contributed by atoms with Crippen molar-refractivity contribution >= 4 is 5.82 Å². The van der Waals surface area contributed by atoms with Crippen LogP contribution in [0.5, 0.6) is 0 Å². The summed E-state index contributed by atoms with van der Waals surface area (Å²) in [4.78, 5) is 10.6. The van der Waals surface area contributed by atoms with E-state index in [2.05, 4.69) is 27.2 Å². The number of nitrogens with zero attached hydrogens (tertiary/aromatic N) is 3. The predicted molar refractivity (Wildman–Crippen MR) is 65.5 cm³/mol. The highest BCUT2D eigenvalue weighted by Crippen LogP contribution is 2.17. The highest BCUT2D eigenvalue weighted by Gasteiger charge is 2.13. The van der Waals surface area contributed by atoms with E-state index in [1.54, 1.807) is 12.4 Å². The van der Waals surface area contributed by atoms with E-state index in [1.807, 2.05) is 6.20 Å². The Morgan fingerprint density at radius 2 is 2.19 bits per heavy atom. The maximum atomic E-state index is 4.29. The van der Waals surface area contributed by atoms with E-state index in [9.17, 15) is 0 Å². The fraction of sp³-hybridized carbons (Fsp3) is 0.667. The summed E-state index contributed by atoms with van der Waals surface area (Å²) in [5.74, 6) is 1.84. The molecule has 0 atom stereocenters. The Balaban J connectivity index is 1.77. The quantitative estimate of drug-likeness (QED) is 0.830. The van der Waals surface area contributed by atoms with E-state index in [1.165, 1.54) is 32.4 Å². The highest BCUT2D eigenvalue weighted by atomic mass is 15.2. The zero-order chi connectivity index (χ0) is 11.2. The van der Waals surface area contributed by atoms with Crippen molar-refractivity contribution in [3.05, 3.63) is 18.6 Å². The zero-order valence-corrected chi connectivity index (χ0v) is 9.89. The molecule has 4 nitrogen and oxygen atoms in total. The molecule has 16 heavy (non-hydrogen) atoms. The number of hydrogen-bond acceptors (Lipinski definition) is 4. The lowest BCUT2D eigenvalue weighted by Gasteiger charge is -2.25. The van der Waals surface area contributed by atoms with Crippen molar-refractivity contribution in [2.45, 2.75) is 19.3 Å². The summed E-state index contributed by atoms with van der Waals surface area (Å²) in [6.07, 6.45) is 9.17. The molecule has 0 spiro atoms. The van der Waals surface area contributed by atoms with E-state index in [4.69, 9.17) is 0 Å². The van der Waals surface area contributed by atoms with Crippen LogP contribution >= 0.6 is 0 Å². The number of piperidine rings is 1. The van der Waals surface area contributed by atoms with E-state index in [0.717, 1.165) is 18.3 Å². The van der Waals surface area contributed by atoms with Gasteiger partial charge >= 0.3 is 0 Å². The lowest BCUT2D eigenvalue weighted by atomic mass is 9.94. The first-order valence-corrected chi connectivity index (χ1v) is 6.04. The lowest BCUT2D eigenvalue weighted by Crippen LogP contribution is -2.30. The molecule has 0 aliphatic carbocycles. The Morgan fingerprint density at radius 1 is 1.38 bits per heavy atom. The van der Waals surface area contributed by atoms with E-state index in [0.29, 0.717) is 0 Å². The molecule has 1 saturated heterocycles. The van der Waals surface area contributed by atoms with Gasteiger partial charge in [0.05, 0.1) is 6.20 Å². The van der Waals surface area contributed by atoms with Crippen molar-refractivity contribution in [1.82, 2.24) is 15.3 Å². The average Bonchev–Trinajstić information content (AvgIpc) is 2.38. The first-order chi connectivity index (χ1) is 7.86. The third-order valence-electron chi connectivity index (χ3n) is 3.27. The normalized spacial score (nSPS) is 17.3. The SMILES string of the molecule is CN(CCC1CCNCC1)c1cnccn1. The fourth-order valence-corrected chi connectivity index (χ4v) is 2.15. The standard InChI is InChI=1S/C12H20N4/c1-16(12-10-14-7-8-15-12)9-4-11-2-5-13-6-3-11/h7-8,10-11,13H,2-6,9H2,1H3. The third-order valence-corrected chi connectivity index (χ3v) is 3.27. The minimum atomic E-state index is 0.875. The van der Waals surface area contributed by atoms with Gasteiger partial charge in [-0.25, -0.2) is 4.98 Å². The molecule has 1 aliphatic rings. The van der Waals surface area contributed by atoms with Gasteiger partial charge in [0.25, 0.3) is 0 Å². The van der Waals surface area contributed by atoms with Gasteiger partial charge in [0.2, 0.25) is 0 Å². The largest absolute Gasteiger partial charge is 0.358 e. The van der Waals surface area contributed by atoms with Crippen LogP contribution in [-0.4, -0.2) is 36.6 Å². The van der Waals surface area contributed by atoms with Crippen molar-refractivity contribution in [2.24, 2.45) is 5.92 Å². The number of rotatable bonds is 4. The summed E-state index contributed by atoms with van der Waals surface area (Å²) < 4.78 is 0. The minimum Gasteiger partial charge on any atom is -0.358 e. The zero-order valence-electron chi connectivity index (χ0n) is 9.89. The molecule has 0 amide bonds. The van der Waals surface area contributed by atoms with Gasteiger partial charge in [0.15, 0.2) is 0 Å². The molecule has 0 bridgehead atoms. The van der Waals surface area contributed by atoms with Crippen LogP contribution in [0.2, 0.25) is 0 Å². The van der Waals surface area contributed by atoms with Gasteiger partial charge in [-0.3, -0.25) is 4.98 Å². The monoisotopic (exact) mass is 220 g/mol. The molecule has 0 saturated carbocycles. The van der Waals surface area contributed by atoms with Crippen LogP contribution in [0.3, 0.4) is 0 Å². The summed E-state index contributed by atoms with van der Waals surface area (Å²) in [7, 11) is 2.09. The third kappa shape index (κ3) is 3.17. The van der Waals surface area contributed by atoms with Crippen molar-refractivity contribution in [1.29, 1.82) is 0 Å². The van der Waals surface area contributed by atoms with Crippen LogP contribution in [0.15, 0.2) is 18.6 Å². The maximum absolute atomic E-state index is 4.29. The second kappa shape index (κ2) is 5.80. The maximum Gasteiger partial charge on any atom is 0.146 e. The minimum absolute atomic E-state index is 0.875. The van der Waals surface area contributed by atoms with Gasteiger partial charge in [-0.2, -0.15) is 0 Å². The van der Waals surface area contributed by atoms with Crippen molar-refractivity contribution in [3.63, 3.8) is 0 Å². The Morgan fingerprint density at radius 3 is 2.88 bits per heavy atom. The first kappa shape index (κ1) is 11.3. The topological polar surface area (TPSA) is 41.0 Å². The molecule has 0 unspecified atom stereocenters. The van der Waals surface area contributed by atoms with Crippen LogP contribution in [0, 0.1) is 5.92 Å². The van der Waals surface area contributed by atoms with Crippen LogP contribution in [-0.2, 0) is 0 Å². The van der Waals surface area contributed by atoms with Crippen LogP contribution in [0.1, 0.15) is 19.3 Å². The summed E-state index contributed by atoms with van der Waals surface area (Å²) >= 11 is 0. The molecule has 88 valence electrons. The molecule has 1 aliphatic heterocycles. The molecular weight excluding hydrogens is 200 g/mol.